The van der Waals surface area contributed by atoms with Crippen molar-refractivity contribution in [2.45, 2.75) is 51.7 Å². The van der Waals surface area contributed by atoms with Crippen LogP contribution < -0.4 is 11.2 Å². The summed E-state index contributed by atoms with van der Waals surface area (Å²) in [7, 11) is 0. The van der Waals surface area contributed by atoms with Crippen molar-refractivity contribution in [3.8, 4) is 0 Å². The average molecular weight is 284 g/mol. The number of aryl methyl sites for hydroxylation is 1. The van der Waals surface area contributed by atoms with Gasteiger partial charge in [-0.3, -0.25) is 14.3 Å². The van der Waals surface area contributed by atoms with Crippen molar-refractivity contribution in [2.24, 2.45) is 5.92 Å². The molecule has 0 bridgehead atoms. The van der Waals surface area contributed by atoms with Crippen molar-refractivity contribution in [3.05, 3.63) is 32.6 Å². The van der Waals surface area contributed by atoms with Crippen molar-refractivity contribution in [1.29, 1.82) is 0 Å². The number of aromatic amines is 1. The second kappa shape index (κ2) is 5.51. The van der Waals surface area contributed by atoms with Gasteiger partial charge in [-0.05, 0) is 19.3 Å². The molecule has 7 nitrogen and oxygen atoms in total. The summed E-state index contributed by atoms with van der Waals surface area (Å²) in [6, 6.07) is 0. The molecule has 1 unspecified atom stereocenters. The van der Waals surface area contributed by atoms with Gasteiger partial charge < -0.3 is 14.9 Å². The third-order valence-electron chi connectivity index (χ3n) is 3.46. The summed E-state index contributed by atoms with van der Waals surface area (Å²) in [5, 5.41) is 20.0. The first-order valence-corrected chi connectivity index (χ1v) is 6.65. The molecule has 0 amide bonds. The van der Waals surface area contributed by atoms with Crippen LogP contribution >= 0.6 is 0 Å². The van der Waals surface area contributed by atoms with E-state index in [1.54, 1.807) is 6.92 Å². The highest BCUT2D eigenvalue weighted by Crippen LogP contribution is 2.31. The molecule has 4 atom stereocenters. The van der Waals surface area contributed by atoms with Gasteiger partial charge in [-0.15, -0.1) is 0 Å². The maximum Gasteiger partial charge on any atom is 0.330 e. The second-order valence-corrected chi connectivity index (χ2v) is 5.65. The minimum atomic E-state index is -1.21. The Morgan fingerprint density at radius 3 is 2.60 bits per heavy atom. The fraction of sp³-hybridized carbons (Fsp3) is 0.692. The number of nitrogens with one attached hydrogen (secondary N) is 1. The van der Waals surface area contributed by atoms with E-state index in [-0.39, 0.29) is 5.92 Å². The lowest BCUT2D eigenvalue weighted by Crippen LogP contribution is -2.38. The van der Waals surface area contributed by atoms with E-state index in [2.05, 4.69) is 4.98 Å². The summed E-state index contributed by atoms with van der Waals surface area (Å²) in [6.45, 7) is 5.51. The predicted octanol–water partition coefficient (Wildman–Crippen LogP) is -0.490. The Labute approximate surface area is 115 Å². The predicted molar refractivity (Wildman–Crippen MR) is 71.4 cm³/mol. The summed E-state index contributed by atoms with van der Waals surface area (Å²) >= 11 is 0. The average Bonchev–Trinajstić information content (AvgIpc) is 2.62. The minimum Gasteiger partial charge on any atom is -0.388 e. The smallest absolute Gasteiger partial charge is 0.330 e. The highest BCUT2D eigenvalue weighted by Gasteiger charge is 2.44. The van der Waals surface area contributed by atoms with Crippen molar-refractivity contribution in [2.75, 3.05) is 0 Å². The Kier molecular flexibility index (Phi) is 4.12. The Bertz CT molecular complexity index is 591. The normalized spacial score (nSPS) is 30.1. The largest absolute Gasteiger partial charge is 0.388 e. The molecule has 1 aliphatic rings. The van der Waals surface area contributed by atoms with Crippen LogP contribution in [0.2, 0.25) is 0 Å². The zero-order valence-corrected chi connectivity index (χ0v) is 11.7. The SMILES string of the molecule is Cc1cn(C2O[C@H](CC(C)C)[C@@H](O)[C@H]2O)c(=O)[nH]c1=O. The number of nitrogens with zero attached hydrogens (tertiary/aromatic N) is 1. The first-order valence-electron chi connectivity index (χ1n) is 6.65. The molecule has 0 radical (unpaired) electrons. The van der Waals surface area contributed by atoms with E-state index in [0.29, 0.717) is 12.0 Å². The molecule has 0 aromatic carbocycles. The number of H-pyrrole nitrogens is 1. The van der Waals surface area contributed by atoms with E-state index in [4.69, 9.17) is 4.74 Å². The molecule has 0 aliphatic carbocycles. The van der Waals surface area contributed by atoms with Crippen LogP contribution in [0.1, 0.15) is 32.1 Å². The number of aliphatic hydroxyl groups excluding tert-OH is 2. The van der Waals surface area contributed by atoms with Gasteiger partial charge in [-0.25, -0.2) is 4.79 Å². The number of aliphatic hydroxyl groups is 2. The summed E-state index contributed by atoms with van der Waals surface area (Å²) < 4.78 is 6.72. The summed E-state index contributed by atoms with van der Waals surface area (Å²) in [4.78, 5) is 25.3. The maximum atomic E-state index is 11.8. The number of ether oxygens (including phenoxy) is 1. The summed E-state index contributed by atoms with van der Waals surface area (Å²) in [5.41, 5.74) is -0.803. The Morgan fingerprint density at radius 2 is 2.00 bits per heavy atom. The molecule has 1 aromatic rings. The van der Waals surface area contributed by atoms with Gasteiger partial charge in [0.15, 0.2) is 6.23 Å². The van der Waals surface area contributed by atoms with Crippen molar-refractivity contribution >= 4 is 0 Å². The molecule has 1 fully saturated rings. The number of hydrogen-bond donors (Lipinski definition) is 3. The van der Waals surface area contributed by atoms with E-state index in [9.17, 15) is 19.8 Å². The standard InChI is InChI=1S/C13H20N2O5/c1-6(2)4-8-9(16)10(17)12(20-8)15-5-7(3)11(18)14-13(15)19/h5-6,8-10,12,16-17H,4H2,1-3H3,(H,14,18,19)/t8-,9-,10-,12?/m1/s1. The van der Waals surface area contributed by atoms with E-state index >= 15 is 0 Å². The van der Waals surface area contributed by atoms with Gasteiger partial charge in [-0.2, -0.15) is 0 Å². The molecule has 1 aliphatic heterocycles. The number of aromatic nitrogens is 2. The molecule has 3 N–H and O–H groups in total. The van der Waals surface area contributed by atoms with Gasteiger partial charge in [0.25, 0.3) is 5.56 Å². The fourth-order valence-electron chi connectivity index (χ4n) is 2.39. The fourth-order valence-corrected chi connectivity index (χ4v) is 2.39. The molecular weight excluding hydrogens is 264 g/mol. The van der Waals surface area contributed by atoms with Crippen LogP contribution in [0.4, 0.5) is 0 Å². The van der Waals surface area contributed by atoms with E-state index in [1.165, 1.54) is 6.20 Å². The lowest BCUT2D eigenvalue weighted by molar-refractivity contribution is -0.0448. The first-order chi connectivity index (χ1) is 9.31. The lowest BCUT2D eigenvalue weighted by atomic mass is 10.0. The van der Waals surface area contributed by atoms with Crippen molar-refractivity contribution in [3.63, 3.8) is 0 Å². The van der Waals surface area contributed by atoms with Crippen molar-refractivity contribution < 1.29 is 14.9 Å². The van der Waals surface area contributed by atoms with Gasteiger partial charge in [-0.1, -0.05) is 13.8 Å². The van der Waals surface area contributed by atoms with Crippen LogP contribution in [-0.2, 0) is 4.74 Å². The van der Waals surface area contributed by atoms with Gasteiger partial charge >= 0.3 is 5.69 Å². The highest BCUT2D eigenvalue weighted by molar-refractivity contribution is 5.03. The van der Waals surface area contributed by atoms with E-state index in [1.807, 2.05) is 13.8 Å². The number of rotatable bonds is 3. The van der Waals surface area contributed by atoms with Crippen LogP contribution in [0.15, 0.2) is 15.8 Å². The molecular formula is C13H20N2O5. The van der Waals surface area contributed by atoms with Crippen LogP contribution in [0.5, 0.6) is 0 Å². The highest BCUT2D eigenvalue weighted by atomic mass is 16.6. The number of hydrogen-bond acceptors (Lipinski definition) is 5. The molecule has 2 rings (SSSR count). The van der Waals surface area contributed by atoms with Crippen molar-refractivity contribution in [1.82, 2.24) is 9.55 Å². The molecule has 20 heavy (non-hydrogen) atoms. The maximum absolute atomic E-state index is 11.8. The van der Waals surface area contributed by atoms with E-state index < -0.39 is 35.8 Å². The molecule has 0 saturated carbocycles. The first kappa shape index (κ1) is 15.0. The lowest BCUT2D eigenvalue weighted by Gasteiger charge is -2.17. The zero-order chi connectivity index (χ0) is 15.0. The molecule has 2 heterocycles. The van der Waals surface area contributed by atoms with Crippen LogP contribution in [-0.4, -0.2) is 38.1 Å². The minimum absolute atomic E-state index is 0.287. The quantitative estimate of drug-likeness (QED) is 0.695. The molecule has 1 aromatic heterocycles. The summed E-state index contributed by atoms with van der Waals surface area (Å²) in [6.07, 6.45) is -1.88. The molecule has 0 spiro atoms. The topological polar surface area (TPSA) is 105 Å². The third-order valence-corrected chi connectivity index (χ3v) is 3.46. The third kappa shape index (κ3) is 2.70. The van der Waals surface area contributed by atoms with Crippen LogP contribution in [0.25, 0.3) is 0 Å². The van der Waals surface area contributed by atoms with Gasteiger partial charge in [0, 0.05) is 11.8 Å². The molecule has 7 heteroatoms. The van der Waals surface area contributed by atoms with E-state index in [0.717, 1.165) is 4.57 Å². The van der Waals surface area contributed by atoms with Crippen LogP contribution in [0.3, 0.4) is 0 Å². The Morgan fingerprint density at radius 1 is 1.35 bits per heavy atom. The summed E-state index contributed by atoms with van der Waals surface area (Å²) in [5.74, 6) is 0.287. The van der Waals surface area contributed by atoms with Gasteiger partial charge in [0.2, 0.25) is 0 Å². The monoisotopic (exact) mass is 284 g/mol. The molecule has 1 saturated heterocycles. The Balaban J connectivity index is 2.32. The second-order valence-electron chi connectivity index (χ2n) is 5.65. The molecule has 112 valence electrons. The van der Waals surface area contributed by atoms with Crippen LogP contribution in [0, 0.1) is 12.8 Å². The zero-order valence-electron chi connectivity index (χ0n) is 11.7. The van der Waals surface area contributed by atoms with Gasteiger partial charge in [0.05, 0.1) is 6.10 Å². The Hall–Kier alpha value is -1.44. The van der Waals surface area contributed by atoms with Gasteiger partial charge in [0.1, 0.15) is 12.2 Å².